The molecule has 0 radical (unpaired) electrons. The lowest BCUT2D eigenvalue weighted by molar-refractivity contribution is 0.260. The van der Waals surface area contributed by atoms with Crippen molar-refractivity contribution in [2.45, 2.75) is 39.3 Å². The first-order valence-corrected chi connectivity index (χ1v) is 10.6. The molecular weight excluding hydrogens is 477 g/mol. The first kappa shape index (κ1) is 21.6. The Hall–Kier alpha value is -0.710. The van der Waals surface area contributed by atoms with Crippen molar-refractivity contribution in [1.82, 2.24) is 20.5 Å². The zero-order valence-electron chi connectivity index (χ0n) is 15.6. The minimum Gasteiger partial charge on any atom is -0.355 e. The van der Waals surface area contributed by atoms with E-state index in [1.165, 1.54) is 17.7 Å². The van der Waals surface area contributed by atoms with Crippen LogP contribution in [0.15, 0.2) is 21.8 Å². The number of hydrogen-bond donors (Lipinski definition) is 2. The van der Waals surface area contributed by atoms with Crippen molar-refractivity contribution in [1.29, 1.82) is 0 Å². The van der Waals surface area contributed by atoms with Gasteiger partial charge in [0.25, 0.3) is 0 Å². The van der Waals surface area contributed by atoms with Gasteiger partial charge in [0.05, 0.1) is 12.2 Å². The van der Waals surface area contributed by atoms with Crippen molar-refractivity contribution in [3.8, 4) is 0 Å². The largest absolute Gasteiger partial charge is 0.355 e. The smallest absolute Gasteiger partial charge is 0.191 e. The molecule has 1 aliphatic heterocycles. The Bertz CT molecular complexity index is 710. The molecule has 5 nitrogen and oxygen atoms in total. The number of aliphatic imine (C=N–C) groups is 1. The molecule has 2 aromatic heterocycles. The molecule has 0 aliphatic carbocycles. The average Bonchev–Trinajstić information content (AvgIpc) is 3.26. The number of hydrogen-bond acceptors (Lipinski definition) is 5. The van der Waals surface area contributed by atoms with Gasteiger partial charge in [-0.25, -0.2) is 4.98 Å². The number of halogens is 1. The number of fused-ring (bicyclic) bond motifs is 1. The van der Waals surface area contributed by atoms with Crippen molar-refractivity contribution in [2.75, 3.05) is 26.7 Å². The molecule has 2 N–H and O–H groups in total. The van der Waals surface area contributed by atoms with Gasteiger partial charge in [0, 0.05) is 43.5 Å². The first-order valence-electron chi connectivity index (χ1n) is 8.82. The predicted octanol–water partition coefficient (Wildman–Crippen LogP) is 3.67. The molecular formula is C18H28IN5S2. The summed E-state index contributed by atoms with van der Waals surface area (Å²) in [5.41, 5.74) is 2.67. The van der Waals surface area contributed by atoms with E-state index in [2.05, 4.69) is 56.2 Å². The lowest BCUT2D eigenvalue weighted by Crippen LogP contribution is -2.42. The van der Waals surface area contributed by atoms with E-state index in [1.807, 2.05) is 18.4 Å². The second-order valence-electron chi connectivity index (χ2n) is 6.57. The highest BCUT2D eigenvalue weighted by Crippen LogP contribution is 2.23. The molecule has 26 heavy (non-hydrogen) atoms. The van der Waals surface area contributed by atoms with Gasteiger partial charge in [0.15, 0.2) is 5.96 Å². The molecule has 0 saturated carbocycles. The summed E-state index contributed by atoms with van der Waals surface area (Å²) in [5.74, 6) is 1.32. The van der Waals surface area contributed by atoms with Crippen LogP contribution in [0.2, 0.25) is 0 Å². The summed E-state index contributed by atoms with van der Waals surface area (Å²) < 4.78 is 0. The van der Waals surface area contributed by atoms with Gasteiger partial charge in [0.2, 0.25) is 0 Å². The SMILES string of the molecule is CN=C(NCCN1CCc2sccc2C1)NCc1nc(C(C)C)cs1.I. The van der Waals surface area contributed by atoms with Gasteiger partial charge in [-0.05, 0) is 29.3 Å². The van der Waals surface area contributed by atoms with E-state index in [0.717, 1.165) is 43.7 Å². The zero-order valence-corrected chi connectivity index (χ0v) is 19.6. The van der Waals surface area contributed by atoms with Crippen molar-refractivity contribution >= 4 is 52.6 Å². The highest BCUT2D eigenvalue weighted by molar-refractivity contribution is 14.0. The summed E-state index contributed by atoms with van der Waals surface area (Å²) in [7, 11) is 1.81. The quantitative estimate of drug-likeness (QED) is 0.358. The fourth-order valence-corrected chi connectivity index (χ4v) is 4.67. The molecule has 8 heteroatoms. The number of guanidine groups is 1. The molecule has 0 spiro atoms. The van der Waals surface area contributed by atoms with Gasteiger partial charge < -0.3 is 10.6 Å². The van der Waals surface area contributed by atoms with Gasteiger partial charge in [0.1, 0.15) is 5.01 Å². The Morgan fingerprint density at radius 1 is 1.35 bits per heavy atom. The van der Waals surface area contributed by atoms with Crippen molar-refractivity contribution in [2.24, 2.45) is 4.99 Å². The minimum atomic E-state index is 0. The molecule has 1 aliphatic rings. The number of aromatic nitrogens is 1. The third-order valence-electron chi connectivity index (χ3n) is 4.40. The van der Waals surface area contributed by atoms with Crippen LogP contribution in [0.5, 0.6) is 0 Å². The zero-order chi connectivity index (χ0) is 17.6. The maximum atomic E-state index is 4.65. The van der Waals surface area contributed by atoms with Gasteiger partial charge >= 0.3 is 0 Å². The van der Waals surface area contributed by atoms with Crippen molar-refractivity contribution in [3.05, 3.63) is 38.0 Å². The lowest BCUT2D eigenvalue weighted by Gasteiger charge is -2.27. The fraction of sp³-hybridized carbons (Fsp3) is 0.556. The monoisotopic (exact) mass is 505 g/mol. The highest BCUT2D eigenvalue weighted by atomic mass is 127. The van der Waals surface area contributed by atoms with Crippen LogP contribution in [-0.4, -0.2) is 42.5 Å². The fourth-order valence-electron chi connectivity index (χ4n) is 2.88. The first-order chi connectivity index (χ1) is 12.2. The van der Waals surface area contributed by atoms with E-state index < -0.39 is 0 Å². The molecule has 0 bridgehead atoms. The van der Waals surface area contributed by atoms with Gasteiger partial charge in [-0.15, -0.1) is 46.7 Å². The van der Waals surface area contributed by atoms with Crippen LogP contribution in [0.3, 0.4) is 0 Å². The summed E-state index contributed by atoms with van der Waals surface area (Å²) in [6, 6.07) is 2.26. The highest BCUT2D eigenvalue weighted by Gasteiger charge is 2.16. The number of nitrogens with zero attached hydrogens (tertiary/aromatic N) is 3. The maximum absolute atomic E-state index is 4.65. The molecule has 0 atom stereocenters. The molecule has 0 fully saturated rings. The van der Waals surface area contributed by atoms with Crippen LogP contribution in [0, 0.1) is 0 Å². The Morgan fingerprint density at radius 2 is 2.19 bits per heavy atom. The second kappa shape index (κ2) is 10.6. The summed E-state index contributed by atoms with van der Waals surface area (Å²) in [6.45, 7) is 9.22. The maximum Gasteiger partial charge on any atom is 0.191 e. The Morgan fingerprint density at radius 3 is 2.92 bits per heavy atom. The molecule has 3 heterocycles. The number of nitrogens with one attached hydrogen (secondary N) is 2. The third kappa shape index (κ3) is 5.90. The van der Waals surface area contributed by atoms with Gasteiger partial charge in [-0.2, -0.15) is 0 Å². The van der Waals surface area contributed by atoms with Crippen molar-refractivity contribution < 1.29 is 0 Å². The van der Waals surface area contributed by atoms with E-state index in [9.17, 15) is 0 Å². The van der Waals surface area contributed by atoms with Gasteiger partial charge in [-0.1, -0.05) is 13.8 Å². The van der Waals surface area contributed by atoms with Crippen LogP contribution in [-0.2, 0) is 19.5 Å². The molecule has 0 unspecified atom stereocenters. The van der Waals surface area contributed by atoms with Crippen LogP contribution < -0.4 is 10.6 Å². The molecule has 0 aromatic carbocycles. The summed E-state index contributed by atoms with van der Waals surface area (Å²) in [5, 5.41) is 12.2. The molecule has 0 saturated heterocycles. The second-order valence-corrected chi connectivity index (χ2v) is 8.51. The van der Waals surface area contributed by atoms with E-state index in [0.29, 0.717) is 5.92 Å². The average molecular weight is 505 g/mol. The number of thiophene rings is 1. The van der Waals surface area contributed by atoms with E-state index in [-0.39, 0.29) is 24.0 Å². The summed E-state index contributed by atoms with van der Waals surface area (Å²) >= 11 is 3.60. The van der Waals surface area contributed by atoms with Crippen LogP contribution >= 0.6 is 46.7 Å². The van der Waals surface area contributed by atoms with Crippen LogP contribution in [0.25, 0.3) is 0 Å². The Labute approximate surface area is 181 Å². The van der Waals surface area contributed by atoms with Crippen LogP contribution in [0.4, 0.5) is 0 Å². The van der Waals surface area contributed by atoms with E-state index in [4.69, 9.17) is 0 Å². The molecule has 3 rings (SSSR count). The standard InChI is InChI=1S/C18H27N5S2.HI/c1-13(2)15-12-25-17(22-15)10-21-18(19-3)20-6-8-23-7-4-16-14(11-23)5-9-24-16;/h5,9,12-13H,4,6-8,10-11H2,1-3H3,(H2,19,20,21);1H. The lowest BCUT2D eigenvalue weighted by atomic mass is 10.1. The Balaban J connectivity index is 0.00000243. The van der Waals surface area contributed by atoms with Gasteiger partial charge in [-0.3, -0.25) is 9.89 Å². The predicted molar refractivity (Wildman–Crippen MR) is 123 cm³/mol. The van der Waals surface area contributed by atoms with E-state index in [1.54, 1.807) is 16.2 Å². The Kier molecular flexibility index (Phi) is 8.78. The topological polar surface area (TPSA) is 52.6 Å². The summed E-state index contributed by atoms with van der Waals surface area (Å²) in [4.78, 5) is 13.0. The molecule has 0 amide bonds. The molecule has 144 valence electrons. The minimum absolute atomic E-state index is 0. The normalized spacial score (nSPS) is 14.8. The van der Waals surface area contributed by atoms with Crippen LogP contribution in [0.1, 0.15) is 40.9 Å². The number of rotatable bonds is 6. The van der Waals surface area contributed by atoms with Crippen molar-refractivity contribution in [3.63, 3.8) is 0 Å². The summed E-state index contributed by atoms with van der Waals surface area (Å²) in [6.07, 6.45) is 1.18. The molecule has 2 aromatic rings. The van der Waals surface area contributed by atoms with E-state index >= 15 is 0 Å². The third-order valence-corrected chi connectivity index (χ3v) is 6.29. The number of thiazole rings is 1.